The Labute approximate surface area is 77.6 Å². The molecular weight excluding hydrogens is 186 g/mol. The standard InChI is InChI=1S/C7H7N5O2/c1-3-9-5-4(12(3)2-13)6(14)11-7(8)10-5/h2H,1H3,(H3,8,10,11,14). The summed E-state index contributed by atoms with van der Waals surface area (Å²) in [5, 5.41) is 0. The molecule has 0 unspecified atom stereocenters. The number of aromatic nitrogens is 4. The van der Waals surface area contributed by atoms with Gasteiger partial charge in [-0.2, -0.15) is 4.98 Å². The number of carbonyl (C=O) groups excluding carboxylic acids is 1. The number of aromatic amines is 1. The Kier molecular flexibility index (Phi) is 1.60. The van der Waals surface area contributed by atoms with Crippen LogP contribution in [0.4, 0.5) is 5.95 Å². The van der Waals surface area contributed by atoms with Crippen LogP contribution in [0.25, 0.3) is 11.2 Å². The number of nitrogens with zero attached hydrogens (tertiary/aromatic N) is 3. The Morgan fingerprint density at radius 2 is 2.21 bits per heavy atom. The van der Waals surface area contributed by atoms with Gasteiger partial charge >= 0.3 is 0 Å². The second-order valence-electron chi connectivity index (χ2n) is 2.76. The third-order valence-electron chi connectivity index (χ3n) is 1.86. The number of nitrogens with one attached hydrogen (secondary N) is 1. The molecule has 14 heavy (non-hydrogen) atoms. The molecule has 0 saturated heterocycles. The highest BCUT2D eigenvalue weighted by Gasteiger charge is 2.11. The van der Waals surface area contributed by atoms with Crippen LogP contribution < -0.4 is 11.3 Å². The van der Waals surface area contributed by atoms with E-state index in [2.05, 4.69) is 15.0 Å². The minimum Gasteiger partial charge on any atom is -0.369 e. The van der Waals surface area contributed by atoms with E-state index in [0.717, 1.165) is 4.57 Å². The minimum absolute atomic E-state index is 0.0157. The number of nitrogen functional groups attached to an aromatic ring is 1. The van der Waals surface area contributed by atoms with Gasteiger partial charge < -0.3 is 5.73 Å². The molecule has 0 aliphatic rings. The van der Waals surface area contributed by atoms with Crippen molar-refractivity contribution in [3.8, 4) is 0 Å². The highest BCUT2D eigenvalue weighted by Crippen LogP contribution is 2.07. The number of fused-ring (bicyclic) bond motifs is 1. The zero-order valence-electron chi connectivity index (χ0n) is 7.31. The molecule has 0 aliphatic carbocycles. The number of nitrogens with two attached hydrogens (primary N) is 1. The number of anilines is 1. The van der Waals surface area contributed by atoms with Crippen molar-refractivity contribution in [1.82, 2.24) is 19.5 Å². The monoisotopic (exact) mass is 193 g/mol. The first-order valence-electron chi connectivity index (χ1n) is 3.83. The second kappa shape index (κ2) is 2.66. The zero-order valence-corrected chi connectivity index (χ0v) is 7.31. The number of hydrogen-bond donors (Lipinski definition) is 2. The van der Waals surface area contributed by atoms with Crippen LogP contribution in [0.2, 0.25) is 0 Å². The van der Waals surface area contributed by atoms with Gasteiger partial charge in [0.15, 0.2) is 11.2 Å². The molecule has 2 heterocycles. The van der Waals surface area contributed by atoms with E-state index < -0.39 is 5.56 Å². The molecule has 2 aromatic rings. The van der Waals surface area contributed by atoms with Crippen LogP contribution in [0, 0.1) is 6.92 Å². The number of H-pyrrole nitrogens is 1. The first-order valence-corrected chi connectivity index (χ1v) is 3.83. The van der Waals surface area contributed by atoms with Crippen LogP contribution in [-0.2, 0) is 4.79 Å². The van der Waals surface area contributed by atoms with Crippen LogP contribution in [0.15, 0.2) is 4.79 Å². The zero-order chi connectivity index (χ0) is 10.3. The van der Waals surface area contributed by atoms with E-state index in [0.29, 0.717) is 12.2 Å². The minimum atomic E-state index is -0.472. The van der Waals surface area contributed by atoms with Crippen molar-refractivity contribution in [1.29, 1.82) is 0 Å². The van der Waals surface area contributed by atoms with Gasteiger partial charge in [-0.1, -0.05) is 0 Å². The fourth-order valence-electron chi connectivity index (χ4n) is 1.27. The summed E-state index contributed by atoms with van der Waals surface area (Å²) in [4.78, 5) is 32.1. The maximum Gasteiger partial charge on any atom is 0.279 e. The van der Waals surface area contributed by atoms with E-state index in [1.807, 2.05) is 0 Å². The highest BCUT2D eigenvalue weighted by atomic mass is 16.1. The average molecular weight is 193 g/mol. The molecule has 0 atom stereocenters. The molecule has 2 aromatic heterocycles. The van der Waals surface area contributed by atoms with E-state index in [1.54, 1.807) is 6.92 Å². The lowest BCUT2D eigenvalue weighted by atomic mass is 10.5. The van der Waals surface area contributed by atoms with Crippen LogP contribution in [0.3, 0.4) is 0 Å². The van der Waals surface area contributed by atoms with Gasteiger partial charge in [0.1, 0.15) is 5.82 Å². The van der Waals surface area contributed by atoms with Gasteiger partial charge in [0.05, 0.1) is 0 Å². The largest absolute Gasteiger partial charge is 0.369 e. The molecule has 0 saturated carbocycles. The summed E-state index contributed by atoms with van der Waals surface area (Å²) in [6, 6.07) is 0. The maximum atomic E-state index is 11.4. The summed E-state index contributed by atoms with van der Waals surface area (Å²) in [7, 11) is 0. The molecule has 7 nitrogen and oxygen atoms in total. The molecule has 0 radical (unpaired) electrons. The molecule has 0 aromatic carbocycles. The predicted octanol–water partition coefficient (Wildman–Crippen LogP) is -0.951. The van der Waals surface area contributed by atoms with Crippen LogP contribution in [0.1, 0.15) is 5.82 Å². The smallest absolute Gasteiger partial charge is 0.279 e. The number of aryl methyl sites for hydroxylation is 1. The third-order valence-corrected chi connectivity index (χ3v) is 1.86. The van der Waals surface area contributed by atoms with E-state index >= 15 is 0 Å². The van der Waals surface area contributed by atoms with E-state index in [-0.39, 0.29) is 17.1 Å². The molecule has 7 heteroatoms. The highest BCUT2D eigenvalue weighted by molar-refractivity contribution is 5.79. The summed E-state index contributed by atoms with van der Waals surface area (Å²) in [6.07, 6.45) is 0.512. The predicted molar refractivity (Wildman–Crippen MR) is 49.4 cm³/mol. The second-order valence-corrected chi connectivity index (χ2v) is 2.76. The first-order chi connectivity index (χ1) is 6.63. The maximum absolute atomic E-state index is 11.4. The van der Waals surface area contributed by atoms with Gasteiger partial charge in [-0.05, 0) is 6.92 Å². The van der Waals surface area contributed by atoms with Crippen LogP contribution in [0.5, 0.6) is 0 Å². The molecular formula is C7H7N5O2. The fraction of sp³-hybridized carbons (Fsp3) is 0.143. The van der Waals surface area contributed by atoms with Gasteiger partial charge in [0.25, 0.3) is 5.56 Å². The number of rotatable bonds is 1. The lowest BCUT2D eigenvalue weighted by Gasteiger charge is -1.93. The molecule has 0 aliphatic heterocycles. The van der Waals surface area contributed by atoms with Crippen molar-refractivity contribution in [3.05, 3.63) is 16.2 Å². The SMILES string of the molecule is Cc1nc2nc(N)[nH]c(=O)c2n1C=O. The summed E-state index contributed by atoms with van der Waals surface area (Å²) < 4.78 is 1.13. The van der Waals surface area contributed by atoms with Crippen molar-refractivity contribution in [3.63, 3.8) is 0 Å². The number of hydrogen-bond acceptors (Lipinski definition) is 5. The van der Waals surface area contributed by atoms with Crippen molar-refractivity contribution >= 4 is 23.5 Å². The summed E-state index contributed by atoms with van der Waals surface area (Å²) in [5.74, 6) is 0.386. The van der Waals surface area contributed by atoms with E-state index in [4.69, 9.17) is 5.73 Å². The lowest BCUT2D eigenvalue weighted by Crippen LogP contribution is -2.14. The normalized spacial score (nSPS) is 10.6. The Morgan fingerprint density at radius 1 is 1.50 bits per heavy atom. The van der Waals surface area contributed by atoms with Gasteiger partial charge in [-0.3, -0.25) is 19.1 Å². The Balaban J connectivity index is 3.02. The van der Waals surface area contributed by atoms with Crippen LogP contribution >= 0.6 is 0 Å². The quantitative estimate of drug-likeness (QED) is 0.568. The topological polar surface area (TPSA) is 107 Å². The van der Waals surface area contributed by atoms with Crippen molar-refractivity contribution < 1.29 is 4.79 Å². The fourth-order valence-corrected chi connectivity index (χ4v) is 1.27. The molecule has 0 bridgehead atoms. The van der Waals surface area contributed by atoms with E-state index in [1.165, 1.54) is 0 Å². The lowest BCUT2D eigenvalue weighted by molar-refractivity contribution is 0.547. The van der Waals surface area contributed by atoms with Gasteiger partial charge in [0.2, 0.25) is 12.4 Å². The average Bonchev–Trinajstić information content (AvgIpc) is 2.40. The van der Waals surface area contributed by atoms with Gasteiger partial charge in [-0.25, -0.2) is 4.98 Å². The van der Waals surface area contributed by atoms with Gasteiger partial charge in [-0.15, -0.1) is 0 Å². The Morgan fingerprint density at radius 3 is 2.86 bits per heavy atom. The van der Waals surface area contributed by atoms with Crippen molar-refractivity contribution in [2.24, 2.45) is 0 Å². The van der Waals surface area contributed by atoms with Gasteiger partial charge in [0, 0.05) is 0 Å². The molecule has 0 spiro atoms. The number of carbonyl (C=O) groups is 1. The molecule has 0 amide bonds. The molecule has 0 fully saturated rings. The molecule has 2 rings (SSSR count). The summed E-state index contributed by atoms with van der Waals surface area (Å²) >= 11 is 0. The first kappa shape index (κ1) is 8.42. The van der Waals surface area contributed by atoms with Crippen molar-refractivity contribution in [2.45, 2.75) is 6.92 Å². The molecule has 3 N–H and O–H groups in total. The Bertz CT molecular complexity index is 567. The van der Waals surface area contributed by atoms with E-state index in [9.17, 15) is 9.59 Å². The number of imidazole rings is 1. The summed E-state index contributed by atoms with van der Waals surface area (Å²) in [5.41, 5.74) is 5.14. The molecule has 72 valence electrons. The van der Waals surface area contributed by atoms with Crippen molar-refractivity contribution in [2.75, 3.05) is 5.73 Å². The summed E-state index contributed by atoms with van der Waals surface area (Å²) in [6.45, 7) is 1.60. The Hall–Kier alpha value is -2.18. The third kappa shape index (κ3) is 0.987. The van der Waals surface area contributed by atoms with Crippen LogP contribution in [-0.4, -0.2) is 25.9 Å².